The number of rotatable bonds is 6. The third-order valence-corrected chi connectivity index (χ3v) is 8.92. The van der Waals surface area contributed by atoms with E-state index in [9.17, 15) is 39.6 Å². The summed E-state index contributed by atoms with van der Waals surface area (Å²) in [6, 6.07) is 9.11. The quantitative estimate of drug-likeness (QED) is 0.201. The van der Waals surface area contributed by atoms with Crippen LogP contribution in [0.15, 0.2) is 59.5 Å². The molecule has 43 heavy (non-hydrogen) atoms. The molecule has 3 aromatic carbocycles. The van der Waals surface area contributed by atoms with E-state index in [2.05, 4.69) is 0 Å². The number of benzene rings is 3. The zero-order valence-electron chi connectivity index (χ0n) is 22.4. The predicted molar refractivity (Wildman–Crippen MR) is 146 cm³/mol. The number of carbonyl (C=O) groups excluding carboxylic acids is 1. The summed E-state index contributed by atoms with van der Waals surface area (Å²) < 4.78 is 119. The Morgan fingerprint density at radius 3 is 2.14 bits per heavy atom. The lowest BCUT2D eigenvalue weighted by atomic mass is 9.83. The highest BCUT2D eigenvalue weighted by Crippen LogP contribution is 2.43. The molecule has 1 aliphatic rings. The number of alkyl halides is 6. The molecule has 1 heterocycles. The molecule has 0 spiro atoms. The van der Waals surface area contributed by atoms with E-state index in [1.54, 1.807) is 6.92 Å². The van der Waals surface area contributed by atoms with Gasteiger partial charge in [-0.3, -0.25) is 8.98 Å². The van der Waals surface area contributed by atoms with Crippen LogP contribution in [-0.2, 0) is 37.0 Å². The largest absolute Gasteiger partial charge is 0.416 e. The fourth-order valence-electron chi connectivity index (χ4n) is 4.79. The average Bonchev–Trinajstić information content (AvgIpc) is 2.92. The smallest absolute Gasteiger partial charge is 0.362 e. The molecule has 1 atom stereocenters. The molecule has 1 amide bonds. The number of amides is 1. The molecule has 0 N–H and O–H groups in total. The highest BCUT2D eigenvalue weighted by molar-refractivity contribution is 7.86. The number of aryl methyl sites for hydroxylation is 1. The van der Waals surface area contributed by atoms with Gasteiger partial charge in [0.2, 0.25) is 0 Å². The minimum atomic E-state index is -5.17. The van der Waals surface area contributed by atoms with Crippen LogP contribution < -0.4 is 0 Å². The molecule has 3 aromatic rings. The first-order valence-corrected chi connectivity index (χ1v) is 14.7. The molecule has 4 rings (SSSR count). The topological polar surface area (TPSA) is 72.9 Å². The van der Waals surface area contributed by atoms with Crippen LogP contribution >= 0.6 is 23.2 Å². The average molecular weight is 670 g/mol. The summed E-state index contributed by atoms with van der Waals surface area (Å²) in [5.41, 5.74) is -5.18. The van der Waals surface area contributed by atoms with E-state index >= 15 is 0 Å². The zero-order valence-corrected chi connectivity index (χ0v) is 24.8. The molecule has 1 aliphatic heterocycles. The Morgan fingerprint density at radius 2 is 1.58 bits per heavy atom. The fraction of sp³-hybridized carbons (Fsp3) is 0.321. The maximum absolute atomic E-state index is 13.6. The summed E-state index contributed by atoms with van der Waals surface area (Å²) in [4.78, 5) is 14.3. The Morgan fingerprint density at radius 1 is 0.953 bits per heavy atom. The van der Waals surface area contributed by atoms with Crippen molar-refractivity contribution in [2.24, 2.45) is 0 Å². The van der Waals surface area contributed by atoms with E-state index in [0.29, 0.717) is 17.7 Å². The number of morpholine rings is 1. The van der Waals surface area contributed by atoms with Crippen molar-refractivity contribution in [3.8, 4) is 0 Å². The van der Waals surface area contributed by atoms with Crippen molar-refractivity contribution in [2.75, 3.05) is 26.3 Å². The zero-order chi connectivity index (χ0) is 32.0. The minimum Gasteiger partial charge on any atom is -0.362 e. The summed E-state index contributed by atoms with van der Waals surface area (Å²) in [7, 11) is -4.40. The monoisotopic (exact) mass is 669 g/mol. The van der Waals surface area contributed by atoms with Crippen LogP contribution in [0.2, 0.25) is 10.0 Å². The van der Waals surface area contributed by atoms with E-state index in [0.717, 1.165) is 4.90 Å². The van der Waals surface area contributed by atoms with E-state index in [4.69, 9.17) is 32.1 Å². The van der Waals surface area contributed by atoms with Crippen molar-refractivity contribution in [2.45, 2.75) is 36.7 Å². The van der Waals surface area contributed by atoms with E-state index in [-0.39, 0.29) is 51.9 Å². The van der Waals surface area contributed by atoms with Crippen molar-refractivity contribution < 1.29 is 48.5 Å². The Bertz CT molecular complexity index is 1630. The number of nitrogens with zero attached hydrogens (tertiary/aromatic N) is 1. The maximum atomic E-state index is 13.6. The van der Waals surface area contributed by atoms with E-state index in [1.165, 1.54) is 43.3 Å². The molecule has 6 nitrogen and oxygen atoms in total. The van der Waals surface area contributed by atoms with Gasteiger partial charge in [-0.25, -0.2) is 0 Å². The maximum Gasteiger partial charge on any atom is 0.416 e. The van der Waals surface area contributed by atoms with Gasteiger partial charge in [-0.05, 0) is 55.8 Å². The third-order valence-electron chi connectivity index (χ3n) is 6.74. The number of carbonyl (C=O) groups is 1. The van der Waals surface area contributed by atoms with Crippen LogP contribution in [0.4, 0.5) is 26.3 Å². The van der Waals surface area contributed by atoms with Gasteiger partial charge >= 0.3 is 12.4 Å². The van der Waals surface area contributed by atoms with Gasteiger partial charge in [0, 0.05) is 17.7 Å². The first-order valence-electron chi connectivity index (χ1n) is 12.6. The lowest BCUT2D eigenvalue weighted by Gasteiger charge is -2.44. The molecule has 0 aliphatic carbocycles. The molecule has 0 bridgehead atoms. The second kappa shape index (κ2) is 11.9. The van der Waals surface area contributed by atoms with Crippen molar-refractivity contribution in [1.29, 1.82) is 0 Å². The first-order chi connectivity index (χ1) is 19.9. The number of hydrogen-bond acceptors (Lipinski definition) is 5. The molecule has 1 fully saturated rings. The van der Waals surface area contributed by atoms with Gasteiger partial charge in [-0.2, -0.15) is 34.8 Å². The van der Waals surface area contributed by atoms with Gasteiger partial charge in [0.05, 0.1) is 40.9 Å². The van der Waals surface area contributed by atoms with Crippen LogP contribution in [0.5, 0.6) is 0 Å². The number of hydrogen-bond donors (Lipinski definition) is 0. The number of ether oxygens (including phenoxy) is 1. The highest BCUT2D eigenvalue weighted by Gasteiger charge is 2.46. The van der Waals surface area contributed by atoms with Crippen LogP contribution in [0, 0.1) is 6.92 Å². The summed E-state index contributed by atoms with van der Waals surface area (Å²) in [5.74, 6) is -1.16. The highest BCUT2D eigenvalue weighted by atomic mass is 35.5. The SMILES string of the molecule is CCOS(=O)(=O)c1ccc(C)cc1[C@]1(c2ccc(Cl)c(Cl)c2)CN(C(=O)c2cc(C(F)(F)F)cc(C(F)(F)F)c2)CCO1. The minimum absolute atomic E-state index is 0.0110. The molecular formula is C28H23Cl2F6NO5S. The third kappa shape index (κ3) is 6.80. The second-order valence-electron chi connectivity index (χ2n) is 9.69. The molecular weight excluding hydrogens is 647 g/mol. The van der Waals surface area contributed by atoms with Gasteiger partial charge in [-0.15, -0.1) is 0 Å². The van der Waals surface area contributed by atoms with Gasteiger partial charge in [0.1, 0.15) is 10.5 Å². The normalized spacial score (nSPS) is 18.1. The van der Waals surface area contributed by atoms with Crippen LogP contribution in [0.1, 0.15) is 45.1 Å². The molecule has 1 saturated heterocycles. The summed E-state index contributed by atoms with van der Waals surface area (Å²) >= 11 is 12.4. The Balaban J connectivity index is 1.93. The molecule has 232 valence electrons. The van der Waals surface area contributed by atoms with Gasteiger partial charge in [0.15, 0.2) is 0 Å². The van der Waals surface area contributed by atoms with Crippen molar-refractivity contribution >= 4 is 39.2 Å². The molecule has 0 unspecified atom stereocenters. The van der Waals surface area contributed by atoms with Gasteiger partial charge in [-0.1, -0.05) is 47.0 Å². The standard InChI is InChI=1S/C28H23Cl2F6NO5S/c1-3-42-43(39,40)24-7-4-16(2)10-21(24)26(18-5-6-22(29)23(30)14-18)15-37(8-9-41-26)25(38)17-11-19(27(31,32)33)13-20(12-17)28(34,35)36/h4-7,10-14H,3,8-9,15H2,1-2H3/t26-/m1/s1. The fourth-order valence-corrected chi connectivity index (χ4v) is 6.26. The van der Waals surface area contributed by atoms with Crippen LogP contribution in [0.25, 0.3) is 0 Å². The summed E-state index contributed by atoms with van der Waals surface area (Å²) in [6.07, 6.45) is -10.3. The summed E-state index contributed by atoms with van der Waals surface area (Å²) in [6.45, 7) is 1.88. The molecule has 15 heteroatoms. The second-order valence-corrected chi connectivity index (χ2v) is 12.1. The molecule has 0 radical (unpaired) electrons. The predicted octanol–water partition coefficient (Wildman–Crippen LogP) is 7.48. The molecule has 0 saturated carbocycles. The van der Waals surface area contributed by atoms with E-state index in [1.807, 2.05) is 0 Å². The van der Waals surface area contributed by atoms with Crippen molar-refractivity contribution in [3.05, 3.63) is 98.0 Å². The number of halogens is 8. The van der Waals surface area contributed by atoms with E-state index < -0.39 is 57.2 Å². The Labute approximate surface area is 253 Å². The van der Waals surface area contributed by atoms with Gasteiger partial charge < -0.3 is 9.64 Å². The lowest BCUT2D eigenvalue weighted by Crippen LogP contribution is -2.53. The lowest BCUT2D eigenvalue weighted by molar-refractivity contribution is -0.143. The first kappa shape index (κ1) is 33.1. The van der Waals surface area contributed by atoms with Crippen molar-refractivity contribution in [3.63, 3.8) is 0 Å². The van der Waals surface area contributed by atoms with Crippen molar-refractivity contribution in [1.82, 2.24) is 4.90 Å². The Hall–Kier alpha value is -2.84. The summed E-state index contributed by atoms with van der Waals surface area (Å²) in [5, 5.41) is 0.180. The van der Waals surface area contributed by atoms with Gasteiger partial charge in [0.25, 0.3) is 16.0 Å². The van der Waals surface area contributed by atoms with Crippen LogP contribution in [-0.4, -0.2) is 45.5 Å². The molecule has 0 aromatic heterocycles. The van der Waals surface area contributed by atoms with Crippen LogP contribution in [0.3, 0.4) is 0 Å². The Kier molecular flexibility index (Phi) is 9.17.